The standard InChI is InChI=1S/C17H26N2O/c1-19(14-11-16-9-12-18-13-10-16)17(20)8-7-15-5-3-2-4-6-15/h2-6,16,18H,7-14H2,1H3. The third-order valence-electron chi connectivity index (χ3n) is 4.23. The van der Waals surface area contributed by atoms with E-state index < -0.39 is 0 Å². The lowest BCUT2D eigenvalue weighted by molar-refractivity contribution is -0.130. The third-order valence-corrected chi connectivity index (χ3v) is 4.23. The maximum Gasteiger partial charge on any atom is 0.222 e. The predicted molar refractivity (Wildman–Crippen MR) is 82.6 cm³/mol. The van der Waals surface area contributed by atoms with Gasteiger partial charge in [0.05, 0.1) is 0 Å². The Morgan fingerprint density at radius 1 is 1.25 bits per heavy atom. The molecule has 110 valence electrons. The van der Waals surface area contributed by atoms with Crippen molar-refractivity contribution in [3.63, 3.8) is 0 Å². The summed E-state index contributed by atoms with van der Waals surface area (Å²) in [6.45, 7) is 3.17. The molecule has 3 nitrogen and oxygen atoms in total. The molecule has 0 aromatic heterocycles. The van der Waals surface area contributed by atoms with Crippen LogP contribution in [-0.4, -0.2) is 37.5 Å². The van der Waals surface area contributed by atoms with Crippen molar-refractivity contribution in [1.29, 1.82) is 0 Å². The molecule has 1 heterocycles. The highest BCUT2D eigenvalue weighted by Gasteiger charge is 2.15. The molecule has 1 N–H and O–H groups in total. The zero-order valence-corrected chi connectivity index (χ0v) is 12.5. The molecule has 3 heteroatoms. The number of nitrogens with zero attached hydrogens (tertiary/aromatic N) is 1. The van der Waals surface area contributed by atoms with Crippen LogP contribution in [0.2, 0.25) is 0 Å². The molecule has 0 saturated carbocycles. The number of aryl methyl sites for hydroxylation is 1. The fraction of sp³-hybridized carbons (Fsp3) is 0.588. The number of amides is 1. The van der Waals surface area contributed by atoms with Gasteiger partial charge in [-0.1, -0.05) is 30.3 Å². The fourth-order valence-corrected chi connectivity index (χ4v) is 2.76. The first kappa shape index (κ1) is 15.0. The Balaban J connectivity index is 1.66. The van der Waals surface area contributed by atoms with E-state index in [1.165, 1.54) is 18.4 Å². The van der Waals surface area contributed by atoms with Gasteiger partial charge in [-0.15, -0.1) is 0 Å². The molecule has 1 saturated heterocycles. The van der Waals surface area contributed by atoms with Crippen LogP contribution in [0.25, 0.3) is 0 Å². The van der Waals surface area contributed by atoms with Gasteiger partial charge < -0.3 is 10.2 Å². The van der Waals surface area contributed by atoms with E-state index in [1.807, 2.05) is 30.1 Å². The normalized spacial score (nSPS) is 16.1. The van der Waals surface area contributed by atoms with Crippen LogP contribution in [0, 0.1) is 5.92 Å². The lowest BCUT2D eigenvalue weighted by atomic mass is 9.94. The predicted octanol–water partition coefficient (Wildman–Crippen LogP) is 2.47. The summed E-state index contributed by atoms with van der Waals surface area (Å²) < 4.78 is 0. The molecule has 20 heavy (non-hydrogen) atoms. The van der Waals surface area contributed by atoms with Gasteiger partial charge in [0.2, 0.25) is 5.91 Å². The summed E-state index contributed by atoms with van der Waals surface area (Å²) in [5, 5.41) is 3.38. The number of carbonyl (C=O) groups is 1. The van der Waals surface area contributed by atoms with Crippen LogP contribution in [-0.2, 0) is 11.2 Å². The summed E-state index contributed by atoms with van der Waals surface area (Å²) >= 11 is 0. The molecule has 1 aromatic rings. The lowest BCUT2D eigenvalue weighted by Crippen LogP contribution is -2.32. The molecule has 1 aliphatic rings. The van der Waals surface area contributed by atoms with Gasteiger partial charge >= 0.3 is 0 Å². The van der Waals surface area contributed by atoms with E-state index in [0.717, 1.165) is 38.4 Å². The van der Waals surface area contributed by atoms with Crippen LogP contribution in [0.15, 0.2) is 30.3 Å². The number of hydrogen-bond donors (Lipinski definition) is 1. The van der Waals surface area contributed by atoms with Crippen molar-refractivity contribution in [2.45, 2.75) is 32.1 Å². The van der Waals surface area contributed by atoms with Crippen LogP contribution in [0.5, 0.6) is 0 Å². The SMILES string of the molecule is CN(CCC1CCNCC1)C(=O)CCc1ccccc1. The highest BCUT2D eigenvalue weighted by Crippen LogP contribution is 2.16. The average molecular weight is 274 g/mol. The first-order valence-corrected chi connectivity index (χ1v) is 7.74. The van der Waals surface area contributed by atoms with Crippen molar-refractivity contribution in [3.8, 4) is 0 Å². The molecule has 0 aliphatic carbocycles. The van der Waals surface area contributed by atoms with Gasteiger partial charge in [-0.25, -0.2) is 0 Å². The second-order valence-corrected chi connectivity index (χ2v) is 5.78. The first-order valence-electron chi connectivity index (χ1n) is 7.74. The molecule has 1 aromatic carbocycles. The second kappa shape index (κ2) is 8.05. The van der Waals surface area contributed by atoms with Crippen molar-refractivity contribution in [3.05, 3.63) is 35.9 Å². The summed E-state index contributed by atoms with van der Waals surface area (Å²) in [6.07, 6.45) is 5.12. The van der Waals surface area contributed by atoms with Crippen LogP contribution >= 0.6 is 0 Å². The molecule has 0 unspecified atom stereocenters. The largest absolute Gasteiger partial charge is 0.346 e. The number of benzene rings is 1. The molecule has 1 aliphatic heterocycles. The Bertz CT molecular complexity index is 399. The van der Waals surface area contributed by atoms with Crippen LogP contribution in [0.4, 0.5) is 0 Å². The highest BCUT2D eigenvalue weighted by atomic mass is 16.2. The molecule has 0 bridgehead atoms. The number of piperidine rings is 1. The van der Waals surface area contributed by atoms with E-state index in [0.29, 0.717) is 6.42 Å². The van der Waals surface area contributed by atoms with Gasteiger partial charge in [0.15, 0.2) is 0 Å². The summed E-state index contributed by atoms with van der Waals surface area (Å²) in [5.41, 5.74) is 1.24. The average Bonchev–Trinajstić information content (AvgIpc) is 2.52. The number of nitrogens with one attached hydrogen (secondary N) is 1. The summed E-state index contributed by atoms with van der Waals surface area (Å²) in [5.74, 6) is 1.06. The zero-order valence-electron chi connectivity index (χ0n) is 12.5. The second-order valence-electron chi connectivity index (χ2n) is 5.78. The lowest BCUT2D eigenvalue weighted by Gasteiger charge is -2.25. The van der Waals surface area contributed by atoms with E-state index in [4.69, 9.17) is 0 Å². The minimum Gasteiger partial charge on any atom is -0.346 e. The highest BCUT2D eigenvalue weighted by molar-refractivity contribution is 5.76. The third kappa shape index (κ3) is 4.97. The van der Waals surface area contributed by atoms with Gasteiger partial charge in [0.1, 0.15) is 0 Å². The summed E-state index contributed by atoms with van der Waals surface area (Å²) in [6, 6.07) is 10.2. The molecular formula is C17H26N2O. The Hall–Kier alpha value is -1.35. The minimum atomic E-state index is 0.266. The zero-order chi connectivity index (χ0) is 14.2. The minimum absolute atomic E-state index is 0.266. The topological polar surface area (TPSA) is 32.3 Å². The maximum absolute atomic E-state index is 12.1. The Labute approximate surface area is 122 Å². The van der Waals surface area contributed by atoms with Gasteiger partial charge in [-0.3, -0.25) is 4.79 Å². The fourth-order valence-electron chi connectivity index (χ4n) is 2.76. The molecule has 0 atom stereocenters. The van der Waals surface area contributed by atoms with Gasteiger partial charge in [0.25, 0.3) is 0 Å². The van der Waals surface area contributed by atoms with E-state index >= 15 is 0 Å². The Morgan fingerprint density at radius 3 is 2.65 bits per heavy atom. The van der Waals surface area contributed by atoms with Crippen molar-refractivity contribution < 1.29 is 4.79 Å². The summed E-state index contributed by atoms with van der Waals surface area (Å²) in [4.78, 5) is 14.0. The monoisotopic (exact) mass is 274 g/mol. The Kier molecular flexibility index (Phi) is 6.06. The van der Waals surface area contributed by atoms with Crippen LogP contribution in [0.3, 0.4) is 0 Å². The van der Waals surface area contributed by atoms with E-state index in [-0.39, 0.29) is 5.91 Å². The van der Waals surface area contributed by atoms with E-state index in [2.05, 4.69) is 17.4 Å². The van der Waals surface area contributed by atoms with Crippen molar-refractivity contribution >= 4 is 5.91 Å². The molecule has 0 radical (unpaired) electrons. The molecule has 1 fully saturated rings. The number of rotatable bonds is 6. The molecule has 2 rings (SSSR count). The van der Waals surface area contributed by atoms with Crippen molar-refractivity contribution in [1.82, 2.24) is 10.2 Å². The van der Waals surface area contributed by atoms with Gasteiger partial charge in [-0.05, 0) is 50.3 Å². The van der Waals surface area contributed by atoms with Crippen LogP contribution < -0.4 is 5.32 Å². The van der Waals surface area contributed by atoms with Gasteiger partial charge in [-0.2, -0.15) is 0 Å². The number of carbonyl (C=O) groups excluding carboxylic acids is 1. The van der Waals surface area contributed by atoms with Crippen molar-refractivity contribution in [2.75, 3.05) is 26.7 Å². The van der Waals surface area contributed by atoms with E-state index in [1.54, 1.807) is 0 Å². The molecule has 1 amide bonds. The molecular weight excluding hydrogens is 248 g/mol. The summed E-state index contributed by atoms with van der Waals surface area (Å²) in [7, 11) is 1.94. The van der Waals surface area contributed by atoms with E-state index in [9.17, 15) is 4.79 Å². The number of hydrogen-bond acceptors (Lipinski definition) is 2. The van der Waals surface area contributed by atoms with Crippen molar-refractivity contribution in [2.24, 2.45) is 5.92 Å². The Morgan fingerprint density at radius 2 is 1.95 bits per heavy atom. The van der Waals surface area contributed by atoms with Crippen LogP contribution in [0.1, 0.15) is 31.2 Å². The quantitative estimate of drug-likeness (QED) is 0.864. The van der Waals surface area contributed by atoms with Gasteiger partial charge in [0, 0.05) is 20.0 Å². The first-order chi connectivity index (χ1) is 9.75. The molecule has 0 spiro atoms. The maximum atomic E-state index is 12.1. The smallest absolute Gasteiger partial charge is 0.222 e.